The lowest BCUT2D eigenvalue weighted by Gasteiger charge is -2.41. The van der Waals surface area contributed by atoms with E-state index < -0.39 is 0 Å². The molecule has 2 heterocycles. The van der Waals surface area contributed by atoms with Crippen LogP contribution in [0.15, 0.2) is 0 Å². The molecule has 0 saturated carbocycles. The number of aliphatic hydroxyl groups is 2. The molecule has 5 nitrogen and oxygen atoms in total. The third-order valence-corrected chi connectivity index (χ3v) is 4.67. The molecule has 2 aliphatic heterocycles. The zero-order valence-electron chi connectivity index (χ0n) is 13.8. The van der Waals surface area contributed by atoms with E-state index in [1.54, 1.807) is 0 Å². The molecular weight excluding hydrogens is 268 g/mol. The maximum atomic E-state index is 10.4. The molecule has 0 amide bonds. The van der Waals surface area contributed by atoms with Crippen molar-refractivity contribution in [2.24, 2.45) is 5.41 Å². The van der Waals surface area contributed by atoms with E-state index in [0.717, 1.165) is 39.0 Å². The molecule has 0 aromatic carbocycles. The minimum Gasteiger partial charge on any atom is -0.396 e. The Morgan fingerprint density at radius 2 is 1.81 bits per heavy atom. The molecule has 0 spiro atoms. The zero-order valence-corrected chi connectivity index (χ0v) is 13.8. The largest absolute Gasteiger partial charge is 0.396 e. The third kappa shape index (κ3) is 5.18. The van der Waals surface area contributed by atoms with Crippen LogP contribution in [0.25, 0.3) is 0 Å². The van der Waals surface area contributed by atoms with Gasteiger partial charge in [-0.15, -0.1) is 0 Å². The summed E-state index contributed by atoms with van der Waals surface area (Å²) in [5.74, 6) is 0. The number of nitrogens with zero attached hydrogens (tertiary/aromatic N) is 2. The Labute approximate surface area is 128 Å². The lowest BCUT2D eigenvalue weighted by atomic mass is 9.83. The summed E-state index contributed by atoms with van der Waals surface area (Å²) in [4.78, 5) is 4.61. The van der Waals surface area contributed by atoms with E-state index in [-0.39, 0.29) is 30.3 Å². The number of aliphatic hydroxyl groups excluding tert-OH is 2. The Kier molecular flexibility index (Phi) is 6.03. The summed E-state index contributed by atoms with van der Waals surface area (Å²) in [5.41, 5.74) is -0.0000373. The van der Waals surface area contributed by atoms with Gasteiger partial charge in [-0.25, -0.2) is 0 Å². The molecule has 2 fully saturated rings. The van der Waals surface area contributed by atoms with Crippen LogP contribution in [0.5, 0.6) is 0 Å². The van der Waals surface area contributed by atoms with Gasteiger partial charge in [0, 0.05) is 44.7 Å². The fourth-order valence-corrected chi connectivity index (χ4v) is 3.80. The highest BCUT2D eigenvalue weighted by atomic mass is 16.5. The van der Waals surface area contributed by atoms with Crippen molar-refractivity contribution < 1.29 is 14.9 Å². The maximum Gasteiger partial charge on any atom is 0.0793 e. The average Bonchev–Trinajstić information content (AvgIpc) is 2.37. The van der Waals surface area contributed by atoms with E-state index in [4.69, 9.17) is 4.74 Å². The molecule has 2 rings (SSSR count). The molecule has 21 heavy (non-hydrogen) atoms. The molecule has 2 N–H and O–H groups in total. The molecule has 0 aliphatic carbocycles. The van der Waals surface area contributed by atoms with Crippen LogP contribution < -0.4 is 0 Å². The number of morpholine rings is 1. The minimum atomic E-state index is -0.330. The molecule has 0 aromatic rings. The second-order valence-electron chi connectivity index (χ2n) is 7.44. The summed E-state index contributed by atoms with van der Waals surface area (Å²) < 4.78 is 5.73. The Hall–Kier alpha value is -0.200. The summed E-state index contributed by atoms with van der Waals surface area (Å²) in [6, 6.07) is 0. The molecule has 0 bridgehead atoms. The molecule has 124 valence electrons. The first-order valence-corrected chi connectivity index (χ1v) is 8.29. The number of ether oxygens (including phenoxy) is 1. The SMILES string of the molecule is CC1CN(CC(O)CN2CCCC(C)(CO)C2)CC(C)O1. The third-order valence-electron chi connectivity index (χ3n) is 4.67. The van der Waals surface area contributed by atoms with Crippen LogP contribution in [0.4, 0.5) is 0 Å². The van der Waals surface area contributed by atoms with Crippen molar-refractivity contribution in [3.8, 4) is 0 Å². The van der Waals surface area contributed by atoms with E-state index in [1.165, 1.54) is 0 Å². The van der Waals surface area contributed by atoms with Gasteiger partial charge in [0.25, 0.3) is 0 Å². The summed E-state index contributed by atoms with van der Waals surface area (Å²) in [6.07, 6.45) is 2.34. The molecule has 4 unspecified atom stereocenters. The van der Waals surface area contributed by atoms with Crippen LogP contribution in [0, 0.1) is 5.41 Å². The Bertz CT molecular complexity index is 319. The van der Waals surface area contributed by atoms with Crippen LogP contribution in [0.1, 0.15) is 33.6 Å². The molecular formula is C16H32N2O3. The van der Waals surface area contributed by atoms with Crippen molar-refractivity contribution >= 4 is 0 Å². The number of rotatable bonds is 5. The van der Waals surface area contributed by atoms with E-state index in [9.17, 15) is 10.2 Å². The van der Waals surface area contributed by atoms with Gasteiger partial charge in [-0.2, -0.15) is 0 Å². The van der Waals surface area contributed by atoms with Crippen molar-refractivity contribution in [2.45, 2.75) is 51.9 Å². The highest BCUT2D eigenvalue weighted by Gasteiger charge is 2.31. The van der Waals surface area contributed by atoms with Gasteiger partial charge in [0.1, 0.15) is 0 Å². The summed E-state index contributed by atoms with van der Waals surface area (Å²) in [5, 5.41) is 19.9. The van der Waals surface area contributed by atoms with Gasteiger partial charge in [-0.05, 0) is 33.2 Å². The van der Waals surface area contributed by atoms with Crippen LogP contribution in [0.3, 0.4) is 0 Å². The van der Waals surface area contributed by atoms with Gasteiger partial charge < -0.3 is 19.8 Å². The van der Waals surface area contributed by atoms with Crippen LogP contribution in [0.2, 0.25) is 0 Å². The quantitative estimate of drug-likeness (QED) is 0.777. The highest BCUT2D eigenvalue weighted by molar-refractivity contribution is 4.85. The average molecular weight is 300 g/mol. The van der Waals surface area contributed by atoms with Crippen molar-refractivity contribution in [1.29, 1.82) is 0 Å². The van der Waals surface area contributed by atoms with Crippen molar-refractivity contribution in [2.75, 3.05) is 45.9 Å². The first-order valence-electron chi connectivity index (χ1n) is 8.29. The standard InChI is InChI=1S/C16H32N2O3/c1-13-7-18(8-14(2)21-13)10-15(20)9-17-6-4-5-16(3,11-17)12-19/h13-15,19-20H,4-12H2,1-3H3. The molecule has 0 aromatic heterocycles. The van der Waals surface area contributed by atoms with Crippen molar-refractivity contribution in [1.82, 2.24) is 9.80 Å². The summed E-state index contributed by atoms with van der Waals surface area (Å²) >= 11 is 0. The fourth-order valence-electron chi connectivity index (χ4n) is 3.80. The van der Waals surface area contributed by atoms with Crippen LogP contribution >= 0.6 is 0 Å². The Balaban J connectivity index is 1.77. The minimum absolute atomic E-state index is 0.0000373. The Morgan fingerprint density at radius 1 is 1.19 bits per heavy atom. The Morgan fingerprint density at radius 3 is 2.43 bits per heavy atom. The van der Waals surface area contributed by atoms with Crippen molar-refractivity contribution in [3.05, 3.63) is 0 Å². The second kappa shape index (κ2) is 7.38. The van der Waals surface area contributed by atoms with Gasteiger partial charge >= 0.3 is 0 Å². The van der Waals surface area contributed by atoms with Crippen molar-refractivity contribution in [3.63, 3.8) is 0 Å². The van der Waals surface area contributed by atoms with Crippen LogP contribution in [-0.2, 0) is 4.74 Å². The topological polar surface area (TPSA) is 56.2 Å². The second-order valence-corrected chi connectivity index (χ2v) is 7.44. The van der Waals surface area contributed by atoms with Gasteiger partial charge in [-0.3, -0.25) is 4.90 Å². The normalized spacial score (nSPS) is 37.6. The number of piperidine rings is 1. The van der Waals surface area contributed by atoms with E-state index >= 15 is 0 Å². The van der Waals surface area contributed by atoms with E-state index in [2.05, 4.69) is 30.6 Å². The molecule has 2 saturated heterocycles. The summed E-state index contributed by atoms with van der Waals surface area (Å²) in [6.45, 7) is 11.7. The first-order chi connectivity index (χ1) is 9.90. The van der Waals surface area contributed by atoms with Gasteiger partial charge in [0.15, 0.2) is 0 Å². The monoisotopic (exact) mass is 300 g/mol. The number of hydrogen-bond acceptors (Lipinski definition) is 5. The highest BCUT2D eigenvalue weighted by Crippen LogP contribution is 2.28. The number of β-amino-alcohol motifs (C(OH)–C–C–N with tert-alkyl or cyclic N) is 1. The molecule has 5 heteroatoms. The predicted octanol–water partition coefficient (Wildman–Crippen LogP) is 0.551. The molecule has 4 atom stereocenters. The number of hydrogen-bond donors (Lipinski definition) is 2. The maximum absolute atomic E-state index is 10.4. The fraction of sp³-hybridized carbons (Fsp3) is 1.00. The zero-order chi connectivity index (χ0) is 15.5. The van der Waals surface area contributed by atoms with E-state index in [0.29, 0.717) is 13.1 Å². The molecule has 2 aliphatic rings. The predicted molar refractivity (Wildman–Crippen MR) is 83.3 cm³/mol. The van der Waals surface area contributed by atoms with Gasteiger partial charge in [0.2, 0.25) is 0 Å². The van der Waals surface area contributed by atoms with Gasteiger partial charge in [-0.1, -0.05) is 6.92 Å². The molecule has 0 radical (unpaired) electrons. The summed E-state index contributed by atoms with van der Waals surface area (Å²) in [7, 11) is 0. The smallest absolute Gasteiger partial charge is 0.0793 e. The van der Waals surface area contributed by atoms with Gasteiger partial charge in [0.05, 0.1) is 18.3 Å². The van der Waals surface area contributed by atoms with Crippen LogP contribution in [-0.4, -0.2) is 84.2 Å². The first kappa shape index (κ1) is 17.2. The lowest BCUT2D eigenvalue weighted by molar-refractivity contribution is -0.0793. The van der Waals surface area contributed by atoms with E-state index in [1.807, 2.05) is 0 Å². The number of likely N-dealkylation sites (tertiary alicyclic amines) is 1. The lowest BCUT2D eigenvalue weighted by Crippen LogP contribution is -2.51.